The molecule has 3 nitrogen and oxygen atoms in total. The van der Waals surface area contributed by atoms with E-state index in [2.05, 4.69) is 35.2 Å². The number of likely N-dealkylation sites (tertiary alicyclic amines) is 1. The molecule has 0 spiro atoms. The van der Waals surface area contributed by atoms with E-state index in [4.69, 9.17) is 10.5 Å². The molecule has 0 saturated carbocycles. The summed E-state index contributed by atoms with van der Waals surface area (Å²) in [6.07, 6.45) is 3.52. The number of rotatable bonds is 6. The van der Waals surface area contributed by atoms with E-state index in [1.165, 1.54) is 18.4 Å². The van der Waals surface area contributed by atoms with Gasteiger partial charge < -0.3 is 10.5 Å². The Bertz CT molecular complexity index is 347. The van der Waals surface area contributed by atoms with E-state index in [1.807, 2.05) is 0 Å². The topological polar surface area (TPSA) is 38.5 Å². The van der Waals surface area contributed by atoms with Gasteiger partial charge in [-0.25, -0.2) is 0 Å². The van der Waals surface area contributed by atoms with Gasteiger partial charge in [-0.05, 0) is 50.4 Å². The Morgan fingerprint density at radius 3 is 2.53 bits per heavy atom. The van der Waals surface area contributed by atoms with E-state index in [1.54, 1.807) is 7.11 Å². The molecule has 2 rings (SSSR count). The van der Waals surface area contributed by atoms with E-state index < -0.39 is 0 Å². The van der Waals surface area contributed by atoms with Gasteiger partial charge in [-0.15, -0.1) is 0 Å². The predicted octanol–water partition coefficient (Wildman–Crippen LogP) is 2.43. The van der Waals surface area contributed by atoms with Gasteiger partial charge in [0, 0.05) is 19.8 Å². The Kier molecular flexibility index (Phi) is 5.83. The lowest BCUT2D eigenvalue weighted by Gasteiger charge is -2.37. The van der Waals surface area contributed by atoms with Crippen LogP contribution in [0.5, 0.6) is 0 Å². The third-order valence-electron chi connectivity index (χ3n) is 4.12. The van der Waals surface area contributed by atoms with Crippen molar-refractivity contribution in [1.82, 2.24) is 4.90 Å². The highest BCUT2D eigenvalue weighted by Gasteiger charge is 2.25. The maximum atomic E-state index is 5.80. The molecule has 0 aromatic heterocycles. The molecule has 0 bridgehead atoms. The zero-order chi connectivity index (χ0) is 13.5. The summed E-state index contributed by atoms with van der Waals surface area (Å²) in [5.41, 5.74) is 7.20. The molecule has 3 heteroatoms. The number of hydrogen-bond donors (Lipinski definition) is 1. The SMILES string of the molecule is COCC1CCN(C(CCN)c2ccccc2)CC1. The monoisotopic (exact) mass is 262 g/mol. The molecule has 1 unspecified atom stereocenters. The van der Waals surface area contributed by atoms with Gasteiger partial charge in [0.25, 0.3) is 0 Å². The molecule has 1 heterocycles. The van der Waals surface area contributed by atoms with Crippen LogP contribution < -0.4 is 5.73 Å². The molecule has 106 valence electrons. The fourth-order valence-corrected chi connectivity index (χ4v) is 3.06. The minimum absolute atomic E-state index is 0.481. The highest BCUT2D eigenvalue weighted by atomic mass is 16.5. The zero-order valence-electron chi connectivity index (χ0n) is 11.9. The van der Waals surface area contributed by atoms with Crippen molar-refractivity contribution in [3.63, 3.8) is 0 Å². The van der Waals surface area contributed by atoms with Crippen LogP contribution in [-0.4, -0.2) is 38.3 Å². The number of hydrogen-bond acceptors (Lipinski definition) is 3. The summed E-state index contributed by atoms with van der Waals surface area (Å²) in [4.78, 5) is 2.59. The molecule has 0 aliphatic carbocycles. The van der Waals surface area contributed by atoms with Crippen LogP contribution in [0.4, 0.5) is 0 Å². The third-order valence-corrected chi connectivity index (χ3v) is 4.12. The van der Waals surface area contributed by atoms with E-state index in [0.29, 0.717) is 6.04 Å². The van der Waals surface area contributed by atoms with Crippen LogP contribution in [0.1, 0.15) is 30.9 Å². The van der Waals surface area contributed by atoms with Gasteiger partial charge >= 0.3 is 0 Å². The van der Waals surface area contributed by atoms with E-state index in [0.717, 1.165) is 38.6 Å². The van der Waals surface area contributed by atoms with Gasteiger partial charge in [-0.1, -0.05) is 30.3 Å². The van der Waals surface area contributed by atoms with Gasteiger partial charge in [0.2, 0.25) is 0 Å². The van der Waals surface area contributed by atoms with Crippen molar-refractivity contribution in [3.05, 3.63) is 35.9 Å². The number of nitrogens with zero attached hydrogens (tertiary/aromatic N) is 1. The van der Waals surface area contributed by atoms with Crippen molar-refractivity contribution < 1.29 is 4.74 Å². The van der Waals surface area contributed by atoms with Crippen molar-refractivity contribution in [2.45, 2.75) is 25.3 Å². The molecule has 1 fully saturated rings. The summed E-state index contributed by atoms with van der Waals surface area (Å²) in [6, 6.07) is 11.2. The lowest BCUT2D eigenvalue weighted by Crippen LogP contribution is -2.38. The first kappa shape index (κ1) is 14.5. The molecule has 1 aliphatic rings. The van der Waals surface area contributed by atoms with Gasteiger partial charge in [0.05, 0.1) is 0 Å². The number of piperidine rings is 1. The summed E-state index contributed by atoms with van der Waals surface area (Å²) >= 11 is 0. The fraction of sp³-hybridized carbons (Fsp3) is 0.625. The molecule has 0 amide bonds. The van der Waals surface area contributed by atoms with Crippen molar-refractivity contribution in [2.75, 3.05) is 33.4 Å². The van der Waals surface area contributed by atoms with Crippen LogP contribution in [0.3, 0.4) is 0 Å². The second-order valence-corrected chi connectivity index (χ2v) is 5.44. The Balaban J connectivity index is 1.97. The normalized spacial score (nSPS) is 19.5. The quantitative estimate of drug-likeness (QED) is 0.855. The fourth-order valence-electron chi connectivity index (χ4n) is 3.06. The Morgan fingerprint density at radius 2 is 1.95 bits per heavy atom. The number of benzene rings is 1. The van der Waals surface area contributed by atoms with E-state index >= 15 is 0 Å². The molecule has 1 aliphatic heterocycles. The van der Waals surface area contributed by atoms with Crippen molar-refractivity contribution >= 4 is 0 Å². The first-order valence-corrected chi connectivity index (χ1v) is 7.33. The minimum Gasteiger partial charge on any atom is -0.384 e. The van der Waals surface area contributed by atoms with Gasteiger partial charge in [0.1, 0.15) is 0 Å². The summed E-state index contributed by atoms with van der Waals surface area (Å²) in [5.74, 6) is 0.732. The lowest BCUT2D eigenvalue weighted by atomic mass is 9.93. The molecular formula is C16H26N2O. The van der Waals surface area contributed by atoms with Gasteiger partial charge in [-0.2, -0.15) is 0 Å². The Labute approximate surface area is 116 Å². The maximum Gasteiger partial charge on any atom is 0.0491 e. The summed E-state index contributed by atoms with van der Waals surface area (Å²) in [7, 11) is 1.80. The van der Waals surface area contributed by atoms with Crippen molar-refractivity contribution in [2.24, 2.45) is 11.7 Å². The summed E-state index contributed by atoms with van der Waals surface area (Å²) < 4.78 is 5.27. The Morgan fingerprint density at radius 1 is 1.26 bits per heavy atom. The summed E-state index contributed by atoms with van der Waals surface area (Å²) in [6.45, 7) is 3.97. The van der Waals surface area contributed by atoms with Gasteiger partial charge in [-0.3, -0.25) is 4.90 Å². The smallest absolute Gasteiger partial charge is 0.0491 e. The minimum atomic E-state index is 0.481. The largest absolute Gasteiger partial charge is 0.384 e. The number of methoxy groups -OCH3 is 1. The third kappa shape index (κ3) is 4.03. The second kappa shape index (κ2) is 7.63. The Hall–Kier alpha value is -0.900. The first-order chi connectivity index (χ1) is 9.35. The van der Waals surface area contributed by atoms with E-state index in [-0.39, 0.29) is 0 Å². The lowest BCUT2D eigenvalue weighted by molar-refractivity contribution is 0.0774. The zero-order valence-corrected chi connectivity index (χ0v) is 11.9. The van der Waals surface area contributed by atoms with Gasteiger partial charge in [0.15, 0.2) is 0 Å². The average Bonchev–Trinajstić information content (AvgIpc) is 2.47. The van der Waals surface area contributed by atoms with Crippen molar-refractivity contribution in [1.29, 1.82) is 0 Å². The molecular weight excluding hydrogens is 236 g/mol. The maximum absolute atomic E-state index is 5.80. The van der Waals surface area contributed by atoms with Crippen LogP contribution in [0.15, 0.2) is 30.3 Å². The molecule has 1 aromatic carbocycles. The number of ether oxygens (including phenoxy) is 1. The molecule has 0 radical (unpaired) electrons. The molecule has 1 saturated heterocycles. The average molecular weight is 262 g/mol. The van der Waals surface area contributed by atoms with Crippen molar-refractivity contribution in [3.8, 4) is 0 Å². The molecule has 19 heavy (non-hydrogen) atoms. The highest BCUT2D eigenvalue weighted by Crippen LogP contribution is 2.28. The molecule has 1 atom stereocenters. The number of nitrogens with two attached hydrogens (primary N) is 1. The van der Waals surface area contributed by atoms with Crippen LogP contribution in [0.25, 0.3) is 0 Å². The van der Waals surface area contributed by atoms with Crippen LogP contribution in [-0.2, 0) is 4.74 Å². The van der Waals surface area contributed by atoms with Crippen LogP contribution >= 0.6 is 0 Å². The van der Waals surface area contributed by atoms with Crippen LogP contribution in [0.2, 0.25) is 0 Å². The van der Waals surface area contributed by atoms with Crippen LogP contribution in [0, 0.1) is 5.92 Å². The predicted molar refractivity (Wildman–Crippen MR) is 79.0 cm³/mol. The second-order valence-electron chi connectivity index (χ2n) is 5.44. The molecule has 2 N–H and O–H groups in total. The highest BCUT2D eigenvalue weighted by molar-refractivity contribution is 5.19. The standard InChI is InChI=1S/C16H26N2O/c1-19-13-14-8-11-18(12-9-14)16(7-10-17)15-5-3-2-4-6-15/h2-6,14,16H,7-13,17H2,1H3. The summed E-state index contributed by atoms with van der Waals surface area (Å²) in [5, 5.41) is 0. The first-order valence-electron chi connectivity index (χ1n) is 7.33. The van der Waals surface area contributed by atoms with E-state index in [9.17, 15) is 0 Å². The molecule has 1 aromatic rings.